The maximum atomic E-state index is 13.5. The van der Waals surface area contributed by atoms with E-state index in [0.29, 0.717) is 22.4 Å². The second-order valence-electron chi connectivity index (χ2n) is 8.95. The van der Waals surface area contributed by atoms with Gasteiger partial charge < -0.3 is 4.74 Å². The smallest absolute Gasteiger partial charge is 0.269 e. The number of likely N-dealkylation sites (N-methyl/N-ethyl adjacent to an activating group) is 1. The largest absolute Gasteiger partial charge is 0.488 e. The molecule has 0 atom stereocenters. The summed E-state index contributed by atoms with van der Waals surface area (Å²) in [5.41, 5.74) is 3.64. The zero-order valence-corrected chi connectivity index (χ0v) is 22.5. The van der Waals surface area contributed by atoms with Crippen LogP contribution < -0.4 is 4.74 Å². The molecule has 0 spiro atoms. The minimum absolute atomic E-state index is 0.0335. The van der Waals surface area contributed by atoms with Crippen LogP contribution in [0.25, 0.3) is 16.8 Å². The molecule has 5 rings (SSSR count). The highest BCUT2D eigenvalue weighted by atomic mass is 32.2. The number of nitro groups is 1. The Bertz CT molecular complexity index is 1610. The van der Waals surface area contributed by atoms with Crippen LogP contribution in [0.4, 0.5) is 11.4 Å². The van der Waals surface area contributed by atoms with Crippen LogP contribution in [-0.4, -0.2) is 27.4 Å². The Morgan fingerprint density at radius 3 is 2.46 bits per heavy atom. The highest BCUT2D eigenvalue weighted by Gasteiger charge is 2.32. The number of aryl methyl sites for hydroxylation is 1. The van der Waals surface area contributed by atoms with Crippen molar-refractivity contribution in [1.29, 1.82) is 0 Å². The van der Waals surface area contributed by atoms with Crippen LogP contribution in [0.2, 0.25) is 0 Å². The normalized spacial score (nSPS) is 15.4. The summed E-state index contributed by atoms with van der Waals surface area (Å²) in [6.45, 7) is 4.78. The van der Waals surface area contributed by atoms with Crippen molar-refractivity contribution in [2.24, 2.45) is 4.99 Å². The molecule has 4 aromatic carbocycles. The molecule has 1 aliphatic heterocycles. The molecule has 0 radical (unpaired) electrons. The number of hydrogen-bond donors (Lipinski definition) is 0. The van der Waals surface area contributed by atoms with E-state index < -0.39 is 4.92 Å². The van der Waals surface area contributed by atoms with Crippen LogP contribution in [0, 0.1) is 10.1 Å². The van der Waals surface area contributed by atoms with Crippen molar-refractivity contribution in [2.45, 2.75) is 26.9 Å². The van der Waals surface area contributed by atoms with Gasteiger partial charge in [0.1, 0.15) is 12.4 Å². The molecule has 1 amide bonds. The molecule has 0 bridgehead atoms. The van der Waals surface area contributed by atoms with Gasteiger partial charge in [-0.25, -0.2) is 4.99 Å². The molecule has 0 unspecified atom stereocenters. The summed E-state index contributed by atoms with van der Waals surface area (Å²) in [5, 5.41) is 13.6. The first kappa shape index (κ1) is 26.2. The van der Waals surface area contributed by atoms with Crippen molar-refractivity contribution >= 4 is 51.1 Å². The molecular formula is C31H27N3O4S. The number of amidine groups is 1. The maximum absolute atomic E-state index is 13.5. The number of para-hydroxylation sites is 1. The molecule has 0 aliphatic carbocycles. The Kier molecular flexibility index (Phi) is 7.74. The number of nitrogens with zero attached hydrogens (tertiary/aromatic N) is 3. The van der Waals surface area contributed by atoms with Gasteiger partial charge in [0.15, 0.2) is 5.17 Å². The van der Waals surface area contributed by atoms with E-state index in [1.807, 2.05) is 67.6 Å². The van der Waals surface area contributed by atoms with Crippen LogP contribution in [-0.2, 0) is 17.8 Å². The quantitative estimate of drug-likeness (QED) is 0.132. The third kappa shape index (κ3) is 5.56. The number of amides is 1. The van der Waals surface area contributed by atoms with Gasteiger partial charge in [0, 0.05) is 24.2 Å². The van der Waals surface area contributed by atoms with Gasteiger partial charge in [0.05, 0.1) is 15.5 Å². The van der Waals surface area contributed by atoms with E-state index in [0.717, 1.165) is 39.6 Å². The number of nitro benzene ring substituents is 1. The lowest BCUT2D eigenvalue weighted by Gasteiger charge is -2.13. The van der Waals surface area contributed by atoms with E-state index in [9.17, 15) is 14.9 Å². The number of hydrogen-bond acceptors (Lipinski definition) is 6. The number of benzene rings is 4. The number of non-ortho nitro benzene ring substituents is 1. The molecule has 39 heavy (non-hydrogen) atoms. The van der Waals surface area contributed by atoms with E-state index in [1.165, 1.54) is 23.9 Å². The lowest BCUT2D eigenvalue weighted by atomic mass is 10.0. The van der Waals surface area contributed by atoms with Gasteiger partial charge >= 0.3 is 0 Å². The first-order chi connectivity index (χ1) is 19.0. The summed E-state index contributed by atoms with van der Waals surface area (Å²) >= 11 is 1.36. The van der Waals surface area contributed by atoms with Crippen LogP contribution >= 0.6 is 11.8 Å². The minimum atomic E-state index is -0.424. The molecule has 7 nitrogen and oxygen atoms in total. The minimum Gasteiger partial charge on any atom is -0.488 e. The maximum Gasteiger partial charge on any atom is 0.269 e. The Hall–Kier alpha value is -4.43. The van der Waals surface area contributed by atoms with E-state index in [2.05, 4.69) is 13.0 Å². The number of ether oxygens (including phenoxy) is 1. The first-order valence-electron chi connectivity index (χ1n) is 12.7. The number of carbonyl (C=O) groups is 1. The van der Waals surface area contributed by atoms with Crippen LogP contribution in [0.15, 0.2) is 94.8 Å². The predicted octanol–water partition coefficient (Wildman–Crippen LogP) is 7.51. The highest BCUT2D eigenvalue weighted by molar-refractivity contribution is 8.18. The predicted molar refractivity (Wildman–Crippen MR) is 157 cm³/mol. The second-order valence-corrected chi connectivity index (χ2v) is 9.96. The molecule has 0 aromatic heterocycles. The van der Waals surface area contributed by atoms with Gasteiger partial charge in [-0.05, 0) is 77.3 Å². The molecule has 1 saturated heterocycles. The van der Waals surface area contributed by atoms with Crippen LogP contribution in [0.1, 0.15) is 30.5 Å². The Morgan fingerprint density at radius 1 is 0.974 bits per heavy atom. The molecule has 0 saturated carbocycles. The number of rotatable bonds is 8. The molecule has 8 heteroatoms. The topological polar surface area (TPSA) is 85.0 Å². The lowest BCUT2D eigenvalue weighted by Crippen LogP contribution is -2.28. The fraction of sp³-hybridized carbons (Fsp3) is 0.161. The summed E-state index contributed by atoms with van der Waals surface area (Å²) in [5.74, 6) is 0.530. The van der Waals surface area contributed by atoms with Gasteiger partial charge in [0.2, 0.25) is 0 Å². The average Bonchev–Trinajstić information content (AvgIpc) is 3.26. The van der Waals surface area contributed by atoms with Crippen molar-refractivity contribution in [1.82, 2.24) is 4.90 Å². The molecule has 0 N–H and O–H groups in total. The van der Waals surface area contributed by atoms with E-state index >= 15 is 0 Å². The van der Waals surface area contributed by atoms with E-state index in [1.54, 1.807) is 17.0 Å². The standard InChI is InChI=1S/C31H27N3O4S/c1-3-22-9-6-8-12-27(22)32-31-33(4-2)30(35)29(39-31)19-26-25-11-7-5-10-23(25)15-18-28(26)38-20-21-13-16-24(17-14-21)34(36)37/h5-19H,3-4,20H2,1-2H3/b29-19+,32-31?. The number of thioether (sulfide) groups is 1. The van der Waals surface area contributed by atoms with Gasteiger partial charge in [-0.3, -0.25) is 19.8 Å². The fourth-order valence-electron chi connectivity index (χ4n) is 4.45. The molecule has 4 aromatic rings. The second kappa shape index (κ2) is 11.5. The van der Waals surface area contributed by atoms with Crippen molar-refractivity contribution < 1.29 is 14.5 Å². The van der Waals surface area contributed by atoms with Gasteiger partial charge in [-0.2, -0.15) is 0 Å². The summed E-state index contributed by atoms with van der Waals surface area (Å²) in [7, 11) is 0. The van der Waals surface area contributed by atoms with E-state index in [-0.39, 0.29) is 18.2 Å². The zero-order chi connectivity index (χ0) is 27.4. The summed E-state index contributed by atoms with van der Waals surface area (Å²) < 4.78 is 6.20. The molecule has 1 heterocycles. The summed E-state index contributed by atoms with van der Waals surface area (Å²) in [4.78, 5) is 31.2. The van der Waals surface area contributed by atoms with Crippen LogP contribution in [0.5, 0.6) is 5.75 Å². The summed E-state index contributed by atoms with van der Waals surface area (Å²) in [6, 6.07) is 26.1. The average molecular weight is 538 g/mol. The van der Waals surface area contributed by atoms with Crippen molar-refractivity contribution in [3.8, 4) is 5.75 Å². The Labute approximate surface area is 231 Å². The third-order valence-electron chi connectivity index (χ3n) is 6.54. The van der Waals surface area contributed by atoms with Crippen molar-refractivity contribution in [3.05, 3.63) is 117 Å². The Balaban J connectivity index is 1.51. The molecule has 1 fully saturated rings. The number of fused-ring (bicyclic) bond motifs is 1. The third-order valence-corrected chi connectivity index (χ3v) is 7.55. The lowest BCUT2D eigenvalue weighted by molar-refractivity contribution is -0.384. The monoisotopic (exact) mass is 537 g/mol. The van der Waals surface area contributed by atoms with Crippen molar-refractivity contribution in [3.63, 3.8) is 0 Å². The van der Waals surface area contributed by atoms with Gasteiger partial charge in [-0.15, -0.1) is 0 Å². The fourth-order valence-corrected chi connectivity index (χ4v) is 5.49. The molecule has 196 valence electrons. The van der Waals surface area contributed by atoms with Gasteiger partial charge in [0.25, 0.3) is 11.6 Å². The molecule has 1 aliphatic rings. The number of aliphatic imine (C=N–C) groups is 1. The van der Waals surface area contributed by atoms with Crippen LogP contribution in [0.3, 0.4) is 0 Å². The first-order valence-corrected chi connectivity index (χ1v) is 13.6. The SMILES string of the molecule is CCc1ccccc1N=C1S/C(=C/c2c(OCc3ccc([N+](=O)[O-])cc3)ccc3ccccc23)C(=O)N1CC. The van der Waals surface area contributed by atoms with Crippen molar-refractivity contribution in [2.75, 3.05) is 6.54 Å². The van der Waals surface area contributed by atoms with Gasteiger partial charge in [-0.1, -0.05) is 55.5 Å². The summed E-state index contributed by atoms with van der Waals surface area (Å²) in [6.07, 6.45) is 2.74. The number of carbonyl (C=O) groups excluding carboxylic acids is 1. The van der Waals surface area contributed by atoms with E-state index in [4.69, 9.17) is 9.73 Å². The molecular weight excluding hydrogens is 510 g/mol. The Morgan fingerprint density at radius 2 is 1.72 bits per heavy atom. The zero-order valence-electron chi connectivity index (χ0n) is 21.7. The highest BCUT2D eigenvalue weighted by Crippen LogP contribution is 2.38.